The fraction of sp³-hybridized carbons (Fsp3) is 0.500. The van der Waals surface area contributed by atoms with Gasteiger partial charge in [0.05, 0.1) is 18.9 Å². The number of ether oxygens (including phenoxy) is 2. The predicted octanol–water partition coefficient (Wildman–Crippen LogP) is 3.07. The maximum Gasteiger partial charge on any atom is 0.314 e. The number of hydrogen-bond donors (Lipinski definition) is 0. The number of hydrogen-bond acceptors (Lipinski definition) is 4. The molecular formula is C16H22O4. The zero-order valence-corrected chi connectivity index (χ0v) is 12.5. The van der Waals surface area contributed by atoms with Crippen molar-refractivity contribution in [3.63, 3.8) is 0 Å². The molecule has 1 aromatic rings. The van der Waals surface area contributed by atoms with Gasteiger partial charge in [0.2, 0.25) is 0 Å². The van der Waals surface area contributed by atoms with Crippen LogP contribution < -0.4 is 0 Å². The van der Waals surface area contributed by atoms with E-state index in [2.05, 4.69) is 0 Å². The van der Waals surface area contributed by atoms with E-state index in [0.717, 1.165) is 5.56 Å². The fourth-order valence-corrected chi connectivity index (χ4v) is 1.78. The van der Waals surface area contributed by atoms with Crippen LogP contribution in [0, 0.1) is 0 Å². The predicted molar refractivity (Wildman–Crippen MR) is 76.3 cm³/mol. The second-order valence-corrected chi connectivity index (χ2v) is 5.51. The van der Waals surface area contributed by atoms with Crippen molar-refractivity contribution in [1.82, 2.24) is 0 Å². The number of rotatable bonds is 5. The molecule has 1 unspecified atom stereocenters. The number of carbonyl (C=O) groups excluding carboxylic acids is 2. The van der Waals surface area contributed by atoms with Gasteiger partial charge in [-0.3, -0.25) is 9.59 Å². The summed E-state index contributed by atoms with van der Waals surface area (Å²) >= 11 is 0. The molecule has 1 rings (SSSR count). The molecule has 0 bridgehead atoms. The Morgan fingerprint density at radius 2 is 1.75 bits per heavy atom. The minimum atomic E-state index is -0.630. The molecule has 0 saturated carbocycles. The van der Waals surface area contributed by atoms with Crippen LogP contribution in [0.4, 0.5) is 0 Å². The minimum absolute atomic E-state index is 0.00718. The van der Waals surface area contributed by atoms with Crippen LogP contribution in [0.5, 0.6) is 0 Å². The molecular weight excluding hydrogens is 256 g/mol. The molecule has 1 aromatic carbocycles. The monoisotopic (exact) mass is 278 g/mol. The molecule has 0 heterocycles. The van der Waals surface area contributed by atoms with Gasteiger partial charge in [0.25, 0.3) is 0 Å². The standard InChI is InChI=1S/C16H22O4/c1-5-19-14(17)11-13(12-9-7-6-8-10-12)15(18)20-16(2,3)4/h6-10,13H,5,11H2,1-4H3. The summed E-state index contributed by atoms with van der Waals surface area (Å²) in [6, 6.07) is 9.15. The van der Waals surface area contributed by atoms with Crippen molar-refractivity contribution in [1.29, 1.82) is 0 Å². The van der Waals surface area contributed by atoms with Gasteiger partial charge in [-0.15, -0.1) is 0 Å². The topological polar surface area (TPSA) is 52.6 Å². The van der Waals surface area contributed by atoms with Gasteiger partial charge in [-0.2, -0.15) is 0 Å². The second kappa shape index (κ2) is 7.08. The van der Waals surface area contributed by atoms with Crippen molar-refractivity contribution in [3.05, 3.63) is 35.9 Å². The van der Waals surface area contributed by atoms with Gasteiger partial charge in [0.15, 0.2) is 0 Å². The van der Waals surface area contributed by atoms with Crippen LogP contribution in [0.1, 0.15) is 45.6 Å². The molecule has 4 heteroatoms. The summed E-state index contributed by atoms with van der Waals surface area (Å²) in [4.78, 5) is 23.9. The summed E-state index contributed by atoms with van der Waals surface area (Å²) in [5.74, 6) is -1.43. The molecule has 0 aliphatic rings. The van der Waals surface area contributed by atoms with E-state index < -0.39 is 23.5 Å². The maximum atomic E-state index is 12.3. The Bertz CT molecular complexity index is 445. The molecule has 0 N–H and O–H groups in total. The van der Waals surface area contributed by atoms with Crippen molar-refractivity contribution in [2.75, 3.05) is 6.61 Å². The van der Waals surface area contributed by atoms with Crippen molar-refractivity contribution in [2.24, 2.45) is 0 Å². The largest absolute Gasteiger partial charge is 0.466 e. The van der Waals surface area contributed by atoms with Gasteiger partial charge in [0, 0.05) is 0 Å². The van der Waals surface area contributed by atoms with Gasteiger partial charge >= 0.3 is 11.9 Å². The van der Waals surface area contributed by atoms with E-state index in [1.807, 2.05) is 30.3 Å². The molecule has 0 saturated heterocycles. The Balaban J connectivity index is 2.90. The average Bonchev–Trinajstić information content (AvgIpc) is 2.35. The van der Waals surface area contributed by atoms with Crippen LogP contribution >= 0.6 is 0 Å². The summed E-state index contributed by atoms with van der Waals surface area (Å²) in [5, 5.41) is 0. The van der Waals surface area contributed by atoms with Crippen molar-refractivity contribution in [2.45, 2.75) is 45.6 Å². The van der Waals surface area contributed by atoms with Crippen LogP contribution in [0.15, 0.2) is 30.3 Å². The zero-order chi connectivity index (χ0) is 15.2. The molecule has 1 atom stereocenters. The normalized spacial score (nSPS) is 12.6. The summed E-state index contributed by atoms with van der Waals surface area (Å²) in [6.45, 7) is 7.45. The van der Waals surface area contributed by atoms with Crippen LogP contribution in [0.2, 0.25) is 0 Å². The van der Waals surface area contributed by atoms with Crippen molar-refractivity contribution < 1.29 is 19.1 Å². The average molecular weight is 278 g/mol. The Labute approximate surface area is 120 Å². The highest BCUT2D eigenvalue weighted by atomic mass is 16.6. The van der Waals surface area contributed by atoms with Crippen molar-refractivity contribution in [3.8, 4) is 0 Å². The fourth-order valence-electron chi connectivity index (χ4n) is 1.78. The summed E-state index contributed by atoms with van der Waals surface area (Å²) in [6.07, 6.45) is -0.00718. The Kier molecular flexibility index (Phi) is 5.74. The third-order valence-electron chi connectivity index (χ3n) is 2.57. The molecule has 0 amide bonds. The van der Waals surface area contributed by atoms with E-state index in [0.29, 0.717) is 6.61 Å². The van der Waals surface area contributed by atoms with Gasteiger partial charge in [-0.05, 0) is 33.3 Å². The molecule has 0 spiro atoms. The lowest BCUT2D eigenvalue weighted by Gasteiger charge is -2.23. The highest BCUT2D eigenvalue weighted by molar-refractivity contribution is 5.84. The second-order valence-electron chi connectivity index (χ2n) is 5.51. The van der Waals surface area contributed by atoms with Crippen LogP contribution in [-0.2, 0) is 19.1 Å². The lowest BCUT2D eigenvalue weighted by molar-refractivity contribution is -0.160. The third kappa shape index (κ3) is 5.43. The Morgan fingerprint density at radius 3 is 2.25 bits per heavy atom. The number of benzene rings is 1. The molecule has 0 aromatic heterocycles. The highest BCUT2D eigenvalue weighted by Crippen LogP contribution is 2.24. The molecule has 110 valence electrons. The van der Waals surface area contributed by atoms with Gasteiger partial charge < -0.3 is 9.47 Å². The minimum Gasteiger partial charge on any atom is -0.466 e. The lowest BCUT2D eigenvalue weighted by atomic mass is 9.95. The zero-order valence-electron chi connectivity index (χ0n) is 12.5. The summed E-state index contributed by atoms with van der Waals surface area (Å²) < 4.78 is 10.3. The summed E-state index contributed by atoms with van der Waals surface area (Å²) in [5.41, 5.74) is 0.175. The van der Waals surface area contributed by atoms with Crippen molar-refractivity contribution >= 4 is 11.9 Å². The van der Waals surface area contributed by atoms with E-state index in [1.54, 1.807) is 27.7 Å². The van der Waals surface area contributed by atoms with E-state index in [-0.39, 0.29) is 6.42 Å². The molecule has 0 fully saturated rings. The molecule has 0 radical (unpaired) electrons. The van der Waals surface area contributed by atoms with Crippen LogP contribution in [0.25, 0.3) is 0 Å². The molecule has 0 aliphatic heterocycles. The van der Waals surface area contributed by atoms with Gasteiger partial charge in [-0.25, -0.2) is 0 Å². The SMILES string of the molecule is CCOC(=O)CC(C(=O)OC(C)(C)C)c1ccccc1. The first kappa shape index (κ1) is 16.2. The first-order chi connectivity index (χ1) is 9.33. The number of carbonyl (C=O) groups is 2. The quantitative estimate of drug-likeness (QED) is 0.777. The smallest absolute Gasteiger partial charge is 0.314 e. The molecule has 4 nitrogen and oxygen atoms in total. The Hall–Kier alpha value is -1.84. The highest BCUT2D eigenvalue weighted by Gasteiger charge is 2.29. The van der Waals surface area contributed by atoms with E-state index in [9.17, 15) is 9.59 Å². The molecule has 20 heavy (non-hydrogen) atoms. The van der Waals surface area contributed by atoms with Gasteiger partial charge in [-0.1, -0.05) is 30.3 Å². The van der Waals surface area contributed by atoms with E-state index in [1.165, 1.54) is 0 Å². The first-order valence-electron chi connectivity index (χ1n) is 6.77. The first-order valence-corrected chi connectivity index (χ1v) is 6.77. The number of esters is 2. The van der Waals surface area contributed by atoms with Gasteiger partial charge in [0.1, 0.15) is 5.60 Å². The lowest BCUT2D eigenvalue weighted by Crippen LogP contribution is -2.29. The van der Waals surface area contributed by atoms with Crippen LogP contribution in [0.3, 0.4) is 0 Å². The Morgan fingerprint density at radius 1 is 1.15 bits per heavy atom. The maximum absolute atomic E-state index is 12.3. The summed E-state index contributed by atoms with van der Waals surface area (Å²) in [7, 11) is 0. The third-order valence-corrected chi connectivity index (χ3v) is 2.57. The van der Waals surface area contributed by atoms with E-state index in [4.69, 9.17) is 9.47 Å². The van der Waals surface area contributed by atoms with Crippen LogP contribution in [-0.4, -0.2) is 24.1 Å². The molecule has 0 aliphatic carbocycles. The van der Waals surface area contributed by atoms with E-state index >= 15 is 0 Å².